The van der Waals surface area contributed by atoms with Crippen molar-refractivity contribution in [2.45, 2.75) is 39.3 Å². The molecule has 10 heteroatoms. The predicted octanol–water partition coefficient (Wildman–Crippen LogP) is 6.31. The molecule has 42 heavy (non-hydrogen) atoms. The van der Waals surface area contributed by atoms with Crippen LogP contribution in [-0.2, 0) is 19.6 Å². The number of nitrogens with zero attached hydrogens (tertiary/aromatic N) is 5. The van der Waals surface area contributed by atoms with E-state index >= 15 is 4.39 Å². The lowest BCUT2D eigenvalue weighted by molar-refractivity contribution is 0.0691. The molecule has 1 aliphatic carbocycles. The van der Waals surface area contributed by atoms with E-state index in [1.54, 1.807) is 36.4 Å². The van der Waals surface area contributed by atoms with Gasteiger partial charge in [-0.05, 0) is 60.2 Å². The van der Waals surface area contributed by atoms with E-state index in [0.717, 1.165) is 18.9 Å². The lowest BCUT2D eigenvalue weighted by Crippen LogP contribution is -2.13. The molecule has 3 heterocycles. The zero-order chi connectivity index (χ0) is 29.4. The van der Waals surface area contributed by atoms with Gasteiger partial charge in [-0.25, -0.2) is 28.5 Å². The van der Waals surface area contributed by atoms with E-state index in [2.05, 4.69) is 21.9 Å². The van der Waals surface area contributed by atoms with Gasteiger partial charge in [-0.3, -0.25) is 0 Å². The number of carboxylic acids is 1. The zero-order valence-corrected chi connectivity index (χ0v) is 22.6. The number of rotatable bonds is 9. The molecule has 1 aliphatic rings. The molecule has 0 saturated heterocycles. The van der Waals surface area contributed by atoms with Gasteiger partial charge in [0.05, 0.1) is 17.3 Å². The third-order valence-electron chi connectivity index (χ3n) is 7.51. The molecule has 0 bridgehead atoms. The molecule has 1 saturated carbocycles. The third-order valence-corrected chi connectivity index (χ3v) is 7.51. The highest BCUT2D eigenvalue weighted by Gasteiger charge is 2.38. The highest BCUT2D eigenvalue weighted by atomic mass is 19.1. The molecular weight excluding hydrogens is 540 g/mol. The van der Waals surface area contributed by atoms with Crippen LogP contribution in [0.2, 0.25) is 0 Å². The quantitative estimate of drug-likeness (QED) is 0.223. The Morgan fingerprint density at radius 2 is 1.81 bits per heavy atom. The van der Waals surface area contributed by atoms with Gasteiger partial charge in [0.15, 0.2) is 11.3 Å². The number of halogens is 2. The molecule has 8 nitrogen and oxygen atoms in total. The molecule has 0 atom stereocenters. The Labute approximate surface area is 239 Å². The van der Waals surface area contributed by atoms with Crippen molar-refractivity contribution < 1.29 is 23.4 Å². The number of fused-ring (bicyclic) bond motifs is 1. The summed E-state index contributed by atoms with van der Waals surface area (Å²) in [5, 5.41) is 18.3. The molecule has 6 rings (SSSR count). The van der Waals surface area contributed by atoms with Gasteiger partial charge in [0.1, 0.15) is 29.6 Å². The lowest BCUT2D eigenvalue weighted by Gasteiger charge is -2.14. The summed E-state index contributed by atoms with van der Waals surface area (Å²) in [5.41, 5.74) is 3.03. The van der Waals surface area contributed by atoms with Crippen LogP contribution in [0.1, 0.15) is 52.8 Å². The monoisotopic (exact) mass is 565 g/mol. The number of pyridine rings is 2. The number of benzene rings is 2. The second kappa shape index (κ2) is 10.7. The van der Waals surface area contributed by atoms with Crippen molar-refractivity contribution in [2.24, 2.45) is 5.41 Å². The standard InChI is InChI=1S/C32H25F2N5O3/c1-32(11-12-32)18-39-28(36-26-9-10-27(31(40)41)38-30(26)39)15-20-7-8-21(14-24(20)34)25-3-2-4-29(37-25)42-17-22-6-5-19(16-35)13-23(22)33/h2-10,13-14H,11-12,15,17-18H2,1H3,(H,40,41). The van der Waals surface area contributed by atoms with E-state index < -0.39 is 17.6 Å². The summed E-state index contributed by atoms with van der Waals surface area (Å²) in [6.45, 7) is 2.70. The van der Waals surface area contributed by atoms with Crippen molar-refractivity contribution in [3.8, 4) is 23.2 Å². The second-order valence-corrected chi connectivity index (χ2v) is 10.8. The first kappa shape index (κ1) is 27.0. The van der Waals surface area contributed by atoms with E-state index in [1.807, 2.05) is 10.6 Å². The third kappa shape index (κ3) is 5.54. The lowest BCUT2D eigenvalue weighted by atomic mass is 10.0. The number of aromatic nitrogens is 4. The normalized spacial score (nSPS) is 13.6. The van der Waals surface area contributed by atoms with Crippen molar-refractivity contribution in [1.82, 2.24) is 19.5 Å². The van der Waals surface area contributed by atoms with Crippen LogP contribution >= 0.6 is 0 Å². The van der Waals surface area contributed by atoms with Gasteiger partial charge in [-0.2, -0.15) is 5.26 Å². The Balaban J connectivity index is 1.23. The molecule has 0 unspecified atom stereocenters. The van der Waals surface area contributed by atoms with Crippen LogP contribution in [0.5, 0.6) is 5.88 Å². The maximum absolute atomic E-state index is 15.5. The van der Waals surface area contributed by atoms with Crippen molar-refractivity contribution in [1.29, 1.82) is 5.26 Å². The molecule has 1 fully saturated rings. The number of carboxylic acid groups (broad SMARTS) is 1. The number of carbonyl (C=O) groups is 1. The summed E-state index contributed by atoms with van der Waals surface area (Å²) in [7, 11) is 0. The van der Waals surface area contributed by atoms with Crippen LogP contribution in [0.25, 0.3) is 22.4 Å². The molecule has 0 spiro atoms. The van der Waals surface area contributed by atoms with Crippen LogP contribution in [-0.4, -0.2) is 30.6 Å². The molecular formula is C32H25F2N5O3. The van der Waals surface area contributed by atoms with Crippen LogP contribution in [0, 0.1) is 28.4 Å². The maximum Gasteiger partial charge on any atom is 0.354 e. The Kier molecular flexibility index (Phi) is 6.86. The fourth-order valence-corrected chi connectivity index (χ4v) is 4.78. The molecule has 210 valence electrons. The second-order valence-electron chi connectivity index (χ2n) is 10.8. The minimum Gasteiger partial charge on any atom is -0.477 e. The average molecular weight is 566 g/mol. The van der Waals surface area contributed by atoms with Gasteiger partial charge in [0.25, 0.3) is 0 Å². The number of aromatic carboxylic acids is 1. The maximum atomic E-state index is 15.5. The van der Waals surface area contributed by atoms with Gasteiger partial charge in [0.2, 0.25) is 5.88 Å². The molecule has 3 aromatic heterocycles. The highest BCUT2D eigenvalue weighted by Crippen LogP contribution is 2.47. The van der Waals surface area contributed by atoms with E-state index in [-0.39, 0.29) is 41.1 Å². The Bertz CT molecular complexity index is 1890. The molecule has 0 amide bonds. The van der Waals surface area contributed by atoms with E-state index in [1.165, 1.54) is 24.3 Å². The smallest absolute Gasteiger partial charge is 0.354 e. The van der Waals surface area contributed by atoms with Crippen molar-refractivity contribution in [2.75, 3.05) is 0 Å². The average Bonchev–Trinajstić information content (AvgIpc) is 3.63. The minimum atomic E-state index is -1.12. The predicted molar refractivity (Wildman–Crippen MR) is 150 cm³/mol. The topological polar surface area (TPSA) is 114 Å². The van der Waals surface area contributed by atoms with Gasteiger partial charge in [-0.1, -0.05) is 31.2 Å². The van der Waals surface area contributed by atoms with E-state index in [9.17, 15) is 14.3 Å². The molecule has 5 aromatic rings. The summed E-state index contributed by atoms with van der Waals surface area (Å²) in [5.74, 6) is -1.23. The number of hydrogen-bond acceptors (Lipinski definition) is 6. The first-order valence-electron chi connectivity index (χ1n) is 13.4. The fraction of sp³-hybridized carbons (Fsp3) is 0.219. The van der Waals surface area contributed by atoms with Gasteiger partial charge < -0.3 is 14.4 Å². The highest BCUT2D eigenvalue weighted by molar-refractivity contribution is 5.88. The Hall–Kier alpha value is -5.17. The van der Waals surface area contributed by atoms with Crippen molar-refractivity contribution in [3.05, 3.63) is 107 Å². The first-order valence-corrected chi connectivity index (χ1v) is 13.4. The van der Waals surface area contributed by atoms with Gasteiger partial charge >= 0.3 is 5.97 Å². The summed E-state index contributed by atoms with van der Waals surface area (Å²) >= 11 is 0. The van der Waals surface area contributed by atoms with Crippen molar-refractivity contribution in [3.63, 3.8) is 0 Å². The van der Waals surface area contributed by atoms with Crippen molar-refractivity contribution >= 4 is 17.1 Å². The Morgan fingerprint density at radius 1 is 1.02 bits per heavy atom. The fourth-order valence-electron chi connectivity index (χ4n) is 4.78. The first-order chi connectivity index (χ1) is 20.2. The summed E-state index contributed by atoms with van der Waals surface area (Å²) in [6, 6.07) is 19.0. The Morgan fingerprint density at radius 3 is 2.52 bits per heavy atom. The van der Waals surface area contributed by atoms with Gasteiger partial charge in [-0.15, -0.1) is 0 Å². The molecule has 2 aromatic carbocycles. The molecule has 0 aliphatic heterocycles. The minimum absolute atomic E-state index is 0.0626. The summed E-state index contributed by atoms with van der Waals surface area (Å²) in [4.78, 5) is 25.0. The largest absolute Gasteiger partial charge is 0.477 e. The van der Waals surface area contributed by atoms with Crippen LogP contribution < -0.4 is 4.74 Å². The number of nitriles is 1. The molecule has 0 radical (unpaired) electrons. The number of ether oxygens (including phenoxy) is 1. The van der Waals surface area contributed by atoms with Crippen LogP contribution in [0.4, 0.5) is 8.78 Å². The zero-order valence-electron chi connectivity index (χ0n) is 22.6. The SMILES string of the molecule is CC1(Cn2c(Cc3ccc(-c4cccc(OCc5ccc(C#N)cc5F)n4)cc3F)nc3ccc(C(=O)O)nc32)CC1. The van der Waals surface area contributed by atoms with Crippen LogP contribution in [0.15, 0.2) is 66.7 Å². The van der Waals surface area contributed by atoms with Crippen LogP contribution in [0.3, 0.4) is 0 Å². The summed E-state index contributed by atoms with van der Waals surface area (Å²) < 4.78 is 37.3. The van der Waals surface area contributed by atoms with E-state index in [0.29, 0.717) is 40.4 Å². The van der Waals surface area contributed by atoms with E-state index in [4.69, 9.17) is 10.00 Å². The number of imidazole rings is 1. The summed E-state index contributed by atoms with van der Waals surface area (Å²) in [6.07, 6.45) is 2.30. The number of hydrogen-bond donors (Lipinski definition) is 1. The van der Waals surface area contributed by atoms with Gasteiger partial charge in [0, 0.05) is 30.2 Å². The molecule has 1 N–H and O–H groups in total.